The van der Waals surface area contributed by atoms with Crippen LogP contribution in [-0.2, 0) is 6.42 Å². The van der Waals surface area contributed by atoms with Gasteiger partial charge in [0.15, 0.2) is 0 Å². The van der Waals surface area contributed by atoms with Gasteiger partial charge in [-0.05, 0) is 50.2 Å². The number of unbranched alkanes of at least 4 members (excludes halogenated alkanes) is 3. The molecule has 1 aromatic heterocycles. The first-order chi connectivity index (χ1) is 9.83. The molecule has 0 saturated carbocycles. The highest BCUT2D eigenvalue weighted by molar-refractivity contribution is 7.05. The highest BCUT2D eigenvalue weighted by atomic mass is 32.1. The number of allylic oxidation sites excluding steroid dienone is 1. The molecular weight excluding hydrogens is 266 g/mol. The van der Waals surface area contributed by atoms with Gasteiger partial charge in [0.05, 0.1) is 10.6 Å². The number of nitrogens with zero attached hydrogens (tertiary/aromatic N) is 2. The molecule has 0 aliphatic carbocycles. The van der Waals surface area contributed by atoms with Crippen LogP contribution in [0.1, 0.15) is 75.4 Å². The predicted octanol–water partition coefficient (Wildman–Crippen LogP) is 4.67. The van der Waals surface area contributed by atoms with Crippen LogP contribution in [0.4, 0.5) is 0 Å². The van der Waals surface area contributed by atoms with Crippen molar-refractivity contribution in [3.63, 3.8) is 0 Å². The molecule has 0 spiro atoms. The lowest BCUT2D eigenvalue weighted by molar-refractivity contribution is 0.474. The van der Waals surface area contributed by atoms with Crippen molar-refractivity contribution in [3.8, 4) is 0 Å². The van der Waals surface area contributed by atoms with Crippen molar-refractivity contribution in [3.05, 3.63) is 23.2 Å². The Bertz CT molecular complexity index is 362. The summed E-state index contributed by atoms with van der Waals surface area (Å²) in [6.07, 6.45) is 11.5. The van der Waals surface area contributed by atoms with Crippen molar-refractivity contribution in [1.29, 1.82) is 0 Å². The zero-order chi connectivity index (χ0) is 14.6. The van der Waals surface area contributed by atoms with Crippen LogP contribution in [0.2, 0.25) is 0 Å². The summed E-state index contributed by atoms with van der Waals surface area (Å²) in [5.74, 6) is 0. The monoisotopic (exact) mass is 295 g/mol. The first kappa shape index (κ1) is 17.3. The van der Waals surface area contributed by atoms with Gasteiger partial charge >= 0.3 is 0 Å². The second-order valence-electron chi connectivity index (χ2n) is 5.27. The number of nitrogens with one attached hydrogen (secondary N) is 1. The Labute approximate surface area is 128 Å². The zero-order valence-electron chi connectivity index (χ0n) is 13.0. The number of aryl methyl sites for hydroxylation is 1. The Morgan fingerprint density at radius 2 is 2.10 bits per heavy atom. The Morgan fingerprint density at radius 1 is 1.25 bits per heavy atom. The highest BCUT2D eigenvalue weighted by Crippen LogP contribution is 2.26. The van der Waals surface area contributed by atoms with Gasteiger partial charge in [0.1, 0.15) is 0 Å². The third-order valence-electron chi connectivity index (χ3n) is 3.43. The summed E-state index contributed by atoms with van der Waals surface area (Å²) in [5, 5.41) is 7.98. The summed E-state index contributed by atoms with van der Waals surface area (Å²) in [5.41, 5.74) is 1.21. The fraction of sp³-hybridized carbons (Fsp3) is 0.750. The van der Waals surface area contributed by atoms with E-state index >= 15 is 0 Å². The van der Waals surface area contributed by atoms with Gasteiger partial charge in [0, 0.05) is 6.04 Å². The maximum atomic E-state index is 4.31. The molecule has 114 valence electrons. The van der Waals surface area contributed by atoms with E-state index in [2.05, 4.69) is 35.3 Å². The van der Waals surface area contributed by atoms with Gasteiger partial charge in [-0.25, -0.2) is 0 Å². The second kappa shape index (κ2) is 11.0. The summed E-state index contributed by atoms with van der Waals surface area (Å²) in [7, 11) is 0. The SMILES string of the molecule is C=CCCCCCC(NCCC)c1snnc1CCC. The largest absolute Gasteiger partial charge is 0.309 e. The molecule has 0 amide bonds. The van der Waals surface area contributed by atoms with E-state index in [9.17, 15) is 0 Å². The fourth-order valence-corrected chi connectivity index (χ4v) is 3.15. The van der Waals surface area contributed by atoms with E-state index in [0.717, 1.165) is 25.8 Å². The van der Waals surface area contributed by atoms with Crippen LogP contribution in [0.15, 0.2) is 12.7 Å². The summed E-state index contributed by atoms with van der Waals surface area (Å²) in [4.78, 5) is 1.36. The topological polar surface area (TPSA) is 37.8 Å². The molecule has 0 fully saturated rings. The third kappa shape index (κ3) is 6.14. The average Bonchev–Trinajstić information content (AvgIpc) is 2.90. The molecule has 3 nitrogen and oxygen atoms in total. The standard InChI is InChI=1S/C16H29N3S/c1-4-7-8-9-10-12-14(17-13-6-3)16-15(11-5-2)18-19-20-16/h4,14,17H,1,5-13H2,2-3H3. The van der Waals surface area contributed by atoms with Gasteiger partial charge in [-0.1, -0.05) is 43.7 Å². The van der Waals surface area contributed by atoms with Gasteiger partial charge < -0.3 is 5.32 Å². The Balaban J connectivity index is 2.53. The Morgan fingerprint density at radius 3 is 2.80 bits per heavy atom. The van der Waals surface area contributed by atoms with E-state index in [1.165, 1.54) is 42.7 Å². The lowest BCUT2D eigenvalue weighted by Crippen LogP contribution is -2.22. The molecule has 0 aliphatic heterocycles. The lowest BCUT2D eigenvalue weighted by Gasteiger charge is -2.17. The summed E-state index contributed by atoms with van der Waals surface area (Å²) in [6.45, 7) is 9.27. The quantitative estimate of drug-likeness (QED) is 0.450. The van der Waals surface area contributed by atoms with Crippen molar-refractivity contribution in [2.24, 2.45) is 0 Å². The smallest absolute Gasteiger partial charge is 0.0803 e. The molecule has 0 bridgehead atoms. The third-order valence-corrected chi connectivity index (χ3v) is 4.31. The summed E-state index contributed by atoms with van der Waals surface area (Å²) in [6, 6.07) is 0.445. The molecular formula is C16H29N3S. The van der Waals surface area contributed by atoms with Crippen molar-refractivity contribution >= 4 is 11.5 Å². The predicted molar refractivity (Wildman–Crippen MR) is 88.2 cm³/mol. The zero-order valence-corrected chi connectivity index (χ0v) is 13.8. The molecule has 4 heteroatoms. The summed E-state index contributed by atoms with van der Waals surface area (Å²) >= 11 is 1.58. The van der Waals surface area contributed by atoms with Gasteiger partial charge in [0.2, 0.25) is 0 Å². The molecule has 0 aliphatic rings. The van der Waals surface area contributed by atoms with Crippen LogP contribution in [0, 0.1) is 0 Å². The molecule has 0 aromatic carbocycles. The van der Waals surface area contributed by atoms with Crippen LogP contribution < -0.4 is 5.32 Å². The van der Waals surface area contributed by atoms with Crippen molar-refractivity contribution in [2.45, 2.75) is 71.3 Å². The normalized spacial score (nSPS) is 12.5. The number of hydrogen-bond acceptors (Lipinski definition) is 4. The molecule has 1 N–H and O–H groups in total. The van der Waals surface area contributed by atoms with E-state index in [-0.39, 0.29) is 0 Å². The minimum absolute atomic E-state index is 0.445. The molecule has 0 radical (unpaired) electrons. The first-order valence-electron chi connectivity index (χ1n) is 7.98. The molecule has 1 aromatic rings. The molecule has 0 saturated heterocycles. The van der Waals surface area contributed by atoms with E-state index < -0.39 is 0 Å². The van der Waals surface area contributed by atoms with Gasteiger partial charge in [-0.15, -0.1) is 11.7 Å². The average molecular weight is 295 g/mol. The second-order valence-corrected chi connectivity index (χ2v) is 6.05. The van der Waals surface area contributed by atoms with Gasteiger partial charge in [-0.3, -0.25) is 0 Å². The molecule has 1 heterocycles. The number of aromatic nitrogens is 2. The minimum atomic E-state index is 0.445. The highest BCUT2D eigenvalue weighted by Gasteiger charge is 2.17. The molecule has 1 rings (SSSR count). The van der Waals surface area contributed by atoms with Gasteiger partial charge in [0.25, 0.3) is 0 Å². The Kier molecular flexibility index (Phi) is 9.50. The van der Waals surface area contributed by atoms with Crippen LogP contribution in [-0.4, -0.2) is 16.1 Å². The van der Waals surface area contributed by atoms with Gasteiger partial charge in [-0.2, -0.15) is 0 Å². The summed E-state index contributed by atoms with van der Waals surface area (Å²) < 4.78 is 4.17. The Hall–Kier alpha value is -0.740. The minimum Gasteiger partial charge on any atom is -0.309 e. The fourth-order valence-electron chi connectivity index (χ4n) is 2.35. The van der Waals surface area contributed by atoms with E-state index in [1.807, 2.05) is 6.08 Å². The van der Waals surface area contributed by atoms with Crippen LogP contribution in [0.5, 0.6) is 0 Å². The maximum Gasteiger partial charge on any atom is 0.0803 e. The van der Waals surface area contributed by atoms with Crippen molar-refractivity contribution in [1.82, 2.24) is 14.9 Å². The van der Waals surface area contributed by atoms with Crippen LogP contribution in [0.3, 0.4) is 0 Å². The van der Waals surface area contributed by atoms with Crippen molar-refractivity contribution in [2.75, 3.05) is 6.54 Å². The molecule has 1 unspecified atom stereocenters. The number of rotatable bonds is 12. The van der Waals surface area contributed by atoms with E-state index in [0.29, 0.717) is 6.04 Å². The number of hydrogen-bond donors (Lipinski definition) is 1. The van der Waals surface area contributed by atoms with Crippen LogP contribution in [0.25, 0.3) is 0 Å². The lowest BCUT2D eigenvalue weighted by atomic mass is 10.0. The molecule has 20 heavy (non-hydrogen) atoms. The first-order valence-corrected chi connectivity index (χ1v) is 8.76. The van der Waals surface area contributed by atoms with E-state index in [1.54, 1.807) is 11.5 Å². The maximum absolute atomic E-state index is 4.31. The molecule has 1 atom stereocenters. The van der Waals surface area contributed by atoms with Crippen LogP contribution >= 0.6 is 11.5 Å². The van der Waals surface area contributed by atoms with E-state index in [4.69, 9.17) is 0 Å². The van der Waals surface area contributed by atoms with Crippen molar-refractivity contribution < 1.29 is 0 Å².